The van der Waals surface area contributed by atoms with Crippen LogP contribution in [0.2, 0.25) is 0 Å². The minimum absolute atomic E-state index is 0.264. The number of ether oxygens (including phenoxy) is 2. The number of benzene rings is 1. The Morgan fingerprint density at radius 2 is 1.31 bits per heavy atom. The van der Waals surface area contributed by atoms with Gasteiger partial charge < -0.3 is 9.47 Å². The normalized spacial score (nSPS) is 13.4. The molecule has 1 fully saturated rings. The molecule has 220 valence electrons. The molecule has 0 aromatic heterocycles. The average molecular weight is 544 g/mol. The van der Waals surface area contributed by atoms with Gasteiger partial charge in [-0.1, -0.05) is 109 Å². The van der Waals surface area contributed by atoms with Gasteiger partial charge in [0.1, 0.15) is 6.29 Å². The SMILES string of the molecule is C=CC(=C)C=O.CC.CCCCCCCCCCc1ccc(CN2CC(C(=O)OCC)(C(=O)OCC)C2)cc1. The van der Waals surface area contributed by atoms with E-state index in [-0.39, 0.29) is 13.2 Å². The van der Waals surface area contributed by atoms with E-state index in [1.807, 2.05) is 13.8 Å². The number of carbonyl (C=O) groups excluding carboxylic acids is 3. The summed E-state index contributed by atoms with van der Waals surface area (Å²) in [5.74, 6) is -0.934. The van der Waals surface area contributed by atoms with Crippen LogP contribution in [-0.2, 0) is 36.8 Å². The number of hydrogen-bond acceptors (Lipinski definition) is 6. The molecule has 39 heavy (non-hydrogen) atoms. The second-order valence-corrected chi connectivity index (χ2v) is 9.61. The van der Waals surface area contributed by atoms with Crippen molar-refractivity contribution < 1.29 is 23.9 Å². The molecule has 0 aliphatic carbocycles. The molecule has 2 rings (SSSR count). The van der Waals surface area contributed by atoms with Crippen LogP contribution >= 0.6 is 0 Å². The molecule has 0 atom stereocenters. The van der Waals surface area contributed by atoms with E-state index < -0.39 is 17.4 Å². The maximum Gasteiger partial charge on any atom is 0.326 e. The summed E-state index contributed by atoms with van der Waals surface area (Å²) in [6, 6.07) is 8.74. The van der Waals surface area contributed by atoms with E-state index in [0.717, 1.165) is 13.0 Å². The first kappa shape index (κ1) is 36.3. The van der Waals surface area contributed by atoms with Crippen molar-refractivity contribution in [2.45, 2.75) is 99.0 Å². The predicted molar refractivity (Wildman–Crippen MR) is 160 cm³/mol. The lowest BCUT2D eigenvalue weighted by atomic mass is 9.79. The first-order chi connectivity index (χ1) is 18.9. The summed E-state index contributed by atoms with van der Waals surface area (Å²) >= 11 is 0. The van der Waals surface area contributed by atoms with Crippen molar-refractivity contribution in [3.8, 4) is 0 Å². The Bertz CT molecular complexity index is 810. The molecule has 6 heteroatoms. The highest BCUT2D eigenvalue weighted by Crippen LogP contribution is 2.34. The van der Waals surface area contributed by atoms with Crippen LogP contribution in [-0.4, -0.2) is 49.4 Å². The number of aldehydes is 1. The molecule has 1 heterocycles. The Balaban J connectivity index is 0.00000159. The smallest absolute Gasteiger partial charge is 0.326 e. The zero-order valence-electron chi connectivity index (χ0n) is 25.3. The third-order valence-electron chi connectivity index (χ3n) is 6.48. The number of aryl methyl sites for hydroxylation is 1. The van der Waals surface area contributed by atoms with Gasteiger partial charge in [-0.3, -0.25) is 19.3 Å². The average Bonchev–Trinajstić information content (AvgIpc) is 2.93. The van der Waals surface area contributed by atoms with E-state index in [0.29, 0.717) is 24.9 Å². The second-order valence-electron chi connectivity index (χ2n) is 9.61. The molecule has 1 saturated heterocycles. The molecule has 0 N–H and O–H groups in total. The van der Waals surface area contributed by atoms with Crippen LogP contribution in [0.5, 0.6) is 0 Å². The molecule has 6 nitrogen and oxygen atoms in total. The van der Waals surface area contributed by atoms with Crippen molar-refractivity contribution in [2.24, 2.45) is 5.41 Å². The van der Waals surface area contributed by atoms with Crippen LogP contribution in [0.4, 0.5) is 0 Å². The van der Waals surface area contributed by atoms with Gasteiger partial charge in [-0.2, -0.15) is 0 Å². The summed E-state index contributed by atoms with van der Waals surface area (Å²) in [7, 11) is 0. The van der Waals surface area contributed by atoms with Gasteiger partial charge in [-0.15, -0.1) is 0 Å². The van der Waals surface area contributed by atoms with Gasteiger partial charge in [0.15, 0.2) is 5.41 Å². The van der Waals surface area contributed by atoms with Gasteiger partial charge in [-0.05, 0) is 37.8 Å². The van der Waals surface area contributed by atoms with Crippen LogP contribution in [0.15, 0.2) is 49.1 Å². The Kier molecular flexibility index (Phi) is 20.6. The Morgan fingerprint density at radius 3 is 1.72 bits per heavy atom. The highest BCUT2D eigenvalue weighted by Gasteiger charge is 2.57. The lowest BCUT2D eigenvalue weighted by Gasteiger charge is -2.45. The summed E-state index contributed by atoms with van der Waals surface area (Å²) in [5.41, 5.74) is 1.84. The largest absolute Gasteiger partial charge is 0.465 e. The summed E-state index contributed by atoms with van der Waals surface area (Å²) in [5, 5.41) is 0. The van der Waals surface area contributed by atoms with Crippen molar-refractivity contribution in [3.63, 3.8) is 0 Å². The Hall–Kier alpha value is -2.73. The minimum atomic E-state index is -1.16. The van der Waals surface area contributed by atoms with E-state index in [2.05, 4.69) is 49.2 Å². The highest BCUT2D eigenvalue weighted by molar-refractivity contribution is 6.01. The summed E-state index contributed by atoms with van der Waals surface area (Å²) in [4.78, 5) is 36.4. The van der Waals surface area contributed by atoms with Gasteiger partial charge >= 0.3 is 11.9 Å². The lowest BCUT2D eigenvalue weighted by Crippen LogP contribution is -2.64. The number of unbranched alkanes of at least 4 members (excludes halogenated alkanes) is 7. The molecule has 0 amide bonds. The monoisotopic (exact) mass is 543 g/mol. The minimum Gasteiger partial charge on any atom is -0.465 e. The molecular weight excluding hydrogens is 490 g/mol. The quantitative estimate of drug-likeness (QED) is 0.0514. The molecule has 1 aromatic carbocycles. The van der Waals surface area contributed by atoms with Crippen LogP contribution in [0.25, 0.3) is 0 Å². The second kappa shape index (κ2) is 22.1. The number of likely N-dealkylation sites (tertiary alicyclic amines) is 1. The van der Waals surface area contributed by atoms with E-state index in [1.54, 1.807) is 13.8 Å². The van der Waals surface area contributed by atoms with Gasteiger partial charge in [-0.25, -0.2) is 0 Å². The fourth-order valence-electron chi connectivity index (χ4n) is 4.29. The number of carbonyl (C=O) groups is 3. The Morgan fingerprint density at radius 1 is 0.846 bits per heavy atom. The van der Waals surface area contributed by atoms with Crippen molar-refractivity contribution in [1.82, 2.24) is 4.90 Å². The predicted octanol–water partition coefficient (Wildman–Crippen LogP) is 7.25. The number of hydrogen-bond donors (Lipinski definition) is 0. The van der Waals surface area contributed by atoms with Crippen molar-refractivity contribution >= 4 is 18.2 Å². The summed E-state index contributed by atoms with van der Waals surface area (Å²) in [6.45, 7) is 18.3. The van der Waals surface area contributed by atoms with Gasteiger partial charge in [0, 0.05) is 25.2 Å². The topological polar surface area (TPSA) is 72.9 Å². The molecule has 0 unspecified atom stereocenters. The number of esters is 2. The number of nitrogens with zero attached hydrogens (tertiary/aromatic N) is 1. The molecule has 0 bridgehead atoms. The number of allylic oxidation sites excluding steroid dienone is 2. The molecule has 1 aliphatic heterocycles. The summed E-state index contributed by atoms with van der Waals surface area (Å²) in [6.07, 6.45) is 13.9. The van der Waals surface area contributed by atoms with E-state index in [1.165, 1.54) is 68.6 Å². The maximum atomic E-state index is 12.4. The van der Waals surface area contributed by atoms with Gasteiger partial charge in [0.2, 0.25) is 0 Å². The van der Waals surface area contributed by atoms with Crippen molar-refractivity contribution in [3.05, 3.63) is 60.2 Å². The molecule has 0 saturated carbocycles. The van der Waals surface area contributed by atoms with E-state index >= 15 is 0 Å². The van der Waals surface area contributed by atoms with Crippen LogP contribution in [0.1, 0.15) is 97.1 Å². The zero-order valence-corrected chi connectivity index (χ0v) is 25.3. The molecular formula is C33H53NO5. The fraction of sp³-hybridized carbons (Fsp3) is 0.606. The van der Waals surface area contributed by atoms with Crippen LogP contribution in [0, 0.1) is 5.41 Å². The standard InChI is InChI=1S/C26H41NO4.C5H6O.C2H6/c1-4-7-8-9-10-11-12-13-14-22-15-17-23(18-16-22)19-27-20-26(21-27,24(28)30-5-2)25(29)31-6-3;1-3-5(2)4-6;1-2/h15-18H,4-14,19-21H2,1-3H3;3-4H,1-2H2;1-2H3. The van der Waals surface area contributed by atoms with E-state index in [4.69, 9.17) is 9.47 Å². The first-order valence-electron chi connectivity index (χ1n) is 14.8. The van der Waals surface area contributed by atoms with Crippen molar-refractivity contribution in [1.29, 1.82) is 0 Å². The van der Waals surface area contributed by atoms with E-state index in [9.17, 15) is 14.4 Å². The third-order valence-corrected chi connectivity index (χ3v) is 6.48. The summed E-state index contributed by atoms with van der Waals surface area (Å²) < 4.78 is 10.3. The molecule has 0 spiro atoms. The number of rotatable bonds is 17. The third kappa shape index (κ3) is 13.8. The Labute approximate surface area is 237 Å². The lowest BCUT2D eigenvalue weighted by molar-refractivity contribution is -0.186. The van der Waals surface area contributed by atoms with Gasteiger partial charge in [0.05, 0.1) is 13.2 Å². The molecule has 1 aliphatic rings. The maximum absolute atomic E-state index is 12.4. The zero-order chi connectivity index (χ0) is 29.5. The fourth-order valence-corrected chi connectivity index (χ4v) is 4.29. The molecule has 1 aromatic rings. The first-order valence-corrected chi connectivity index (χ1v) is 14.8. The molecule has 0 radical (unpaired) electrons. The van der Waals surface area contributed by atoms with Crippen LogP contribution in [0.3, 0.4) is 0 Å². The van der Waals surface area contributed by atoms with Gasteiger partial charge in [0.25, 0.3) is 0 Å². The highest BCUT2D eigenvalue weighted by atomic mass is 16.6. The van der Waals surface area contributed by atoms with Crippen molar-refractivity contribution in [2.75, 3.05) is 26.3 Å². The van der Waals surface area contributed by atoms with Crippen LogP contribution < -0.4 is 0 Å².